The first kappa shape index (κ1) is 9.59. The zero-order valence-electron chi connectivity index (χ0n) is 8.55. The molecule has 2 rings (SSSR count). The number of fused-ring (bicyclic) bond motifs is 1. The van der Waals surface area contributed by atoms with Crippen molar-refractivity contribution in [3.8, 4) is 0 Å². The minimum Gasteiger partial charge on any atom is -0.324 e. The Balaban J connectivity index is 2.46. The van der Waals surface area contributed by atoms with Crippen LogP contribution in [0.4, 0.5) is 5.69 Å². The first-order valence-corrected chi connectivity index (χ1v) is 5.42. The molecule has 74 valence electrons. The second-order valence-electron chi connectivity index (χ2n) is 4.07. The molecule has 0 aromatic heterocycles. The number of nitrogens with one attached hydrogen (secondary N) is 1. The predicted molar refractivity (Wildman–Crippen MR) is 59.7 cm³/mol. The molecule has 1 aromatic carbocycles. The summed E-state index contributed by atoms with van der Waals surface area (Å²) in [6, 6.07) is 6.09. The van der Waals surface area contributed by atoms with E-state index in [0.717, 1.165) is 10.6 Å². The quantitative estimate of drug-likeness (QED) is 0.708. The maximum Gasteiger partial charge on any atom is 0.240 e. The lowest BCUT2D eigenvalue weighted by atomic mass is 10.1. The number of carbonyl (C=O) groups excluding carboxylic acids is 1. The van der Waals surface area contributed by atoms with E-state index in [1.807, 2.05) is 26.0 Å². The third kappa shape index (κ3) is 1.52. The molecule has 1 aliphatic heterocycles. The van der Waals surface area contributed by atoms with Crippen LogP contribution in [-0.2, 0) is 4.79 Å². The number of thioether (sulfide) groups is 1. The van der Waals surface area contributed by atoms with E-state index in [1.54, 1.807) is 11.8 Å². The van der Waals surface area contributed by atoms with Gasteiger partial charge >= 0.3 is 0 Å². The Labute approximate surface area is 88.1 Å². The van der Waals surface area contributed by atoms with Crippen LogP contribution in [0.15, 0.2) is 23.1 Å². The fourth-order valence-corrected chi connectivity index (χ4v) is 2.58. The van der Waals surface area contributed by atoms with Gasteiger partial charge in [0.2, 0.25) is 5.91 Å². The molecule has 1 aromatic rings. The minimum absolute atomic E-state index is 0.0823. The number of anilines is 1. The molecule has 3 heteroatoms. The van der Waals surface area contributed by atoms with E-state index in [9.17, 15) is 4.79 Å². The van der Waals surface area contributed by atoms with E-state index in [1.165, 1.54) is 5.56 Å². The van der Waals surface area contributed by atoms with Crippen LogP contribution in [0.2, 0.25) is 0 Å². The van der Waals surface area contributed by atoms with Crippen molar-refractivity contribution in [1.82, 2.24) is 0 Å². The van der Waals surface area contributed by atoms with E-state index in [2.05, 4.69) is 18.3 Å². The highest BCUT2D eigenvalue weighted by Gasteiger charge is 2.34. The summed E-state index contributed by atoms with van der Waals surface area (Å²) in [4.78, 5) is 12.8. The smallest absolute Gasteiger partial charge is 0.240 e. The number of hydrogen-bond acceptors (Lipinski definition) is 2. The number of benzene rings is 1. The molecule has 0 unspecified atom stereocenters. The Kier molecular flexibility index (Phi) is 2.07. The fourth-order valence-electron chi connectivity index (χ4n) is 1.41. The molecule has 14 heavy (non-hydrogen) atoms. The van der Waals surface area contributed by atoms with Gasteiger partial charge in [0.25, 0.3) is 0 Å². The van der Waals surface area contributed by atoms with Gasteiger partial charge in [0.1, 0.15) is 0 Å². The summed E-state index contributed by atoms with van der Waals surface area (Å²) in [5.74, 6) is 0.0823. The number of hydrogen-bond donors (Lipinski definition) is 1. The van der Waals surface area contributed by atoms with Gasteiger partial charge in [-0.15, -0.1) is 11.8 Å². The number of amides is 1. The van der Waals surface area contributed by atoms with Crippen molar-refractivity contribution in [2.45, 2.75) is 30.4 Å². The molecule has 0 fully saturated rings. The normalized spacial score (nSPS) is 18.6. The molecule has 1 N–H and O–H groups in total. The average Bonchev–Trinajstić information content (AvgIpc) is 2.07. The lowest BCUT2D eigenvalue weighted by molar-refractivity contribution is -0.117. The summed E-state index contributed by atoms with van der Waals surface area (Å²) in [5.41, 5.74) is 2.16. The van der Waals surface area contributed by atoms with Gasteiger partial charge in [-0.2, -0.15) is 0 Å². The average molecular weight is 207 g/mol. The maximum absolute atomic E-state index is 11.6. The van der Waals surface area contributed by atoms with Gasteiger partial charge in [-0.1, -0.05) is 6.07 Å². The lowest BCUT2D eigenvalue weighted by Gasteiger charge is -2.29. The van der Waals surface area contributed by atoms with Crippen LogP contribution in [0.1, 0.15) is 19.4 Å². The Hall–Kier alpha value is -0.960. The highest BCUT2D eigenvalue weighted by Crippen LogP contribution is 2.42. The third-order valence-corrected chi connectivity index (χ3v) is 3.55. The zero-order chi connectivity index (χ0) is 10.3. The van der Waals surface area contributed by atoms with Crippen LogP contribution in [0, 0.1) is 6.92 Å². The van der Waals surface area contributed by atoms with Crippen molar-refractivity contribution >= 4 is 23.4 Å². The van der Waals surface area contributed by atoms with E-state index in [-0.39, 0.29) is 10.7 Å². The highest BCUT2D eigenvalue weighted by molar-refractivity contribution is 8.01. The summed E-state index contributed by atoms with van der Waals surface area (Å²) in [6.07, 6.45) is 0. The summed E-state index contributed by atoms with van der Waals surface area (Å²) in [6.45, 7) is 5.95. The van der Waals surface area contributed by atoms with Gasteiger partial charge in [0.05, 0.1) is 10.4 Å². The van der Waals surface area contributed by atoms with Gasteiger partial charge in [-0.3, -0.25) is 4.79 Å². The minimum atomic E-state index is -0.360. The molecule has 0 saturated heterocycles. The van der Waals surface area contributed by atoms with E-state index < -0.39 is 0 Å². The van der Waals surface area contributed by atoms with Gasteiger partial charge in [-0.25, -0.2) is 0 Å². The fraction of sp³-hybridized carbons (Fsp3) is 0.364. The summed E-state index contributed by atoms with van der Waals surface area (Å²) in [5, 5.41) is 2.92. The van der Waals surface area contributed by atoms with Crippen molar-refractivity contribution < 1.29 is 4.79 Å². The van der Waals surface area contributed by atoms with Crippen molar-refractivity contribution in [2.24, 2.45) is 0 Å². The van der Waals surface area contributed by atoms with Crippen LogP contribution in [0.5, 0.6) is 0 Å². The standard InChI is InChI=1S/C11H13NOS/c1-7-4-5-8-9(6-7)14-11(2,3)10(13)12-8/h4-6H,1-3H3,(H,12,13). The van der Waals surface area contributed by atoms with Crippen molar-refractivity contribution in [2.75, 3.05) is 5.32 Å². The molecule has 1 amide bonds. The molecule has 2 nitrogen and oxygen atoms in total. The van der Waals surface area contributed by atoms with Crippen LogP contribution < -0.4 is 5.32 Å². The molecular weight excluding hydrogens is 194 g/mol. The highest BCUT2D eigenvalue weighted by atomic mass is 32.2. The van der Waals surface area contributed by atoms with Crippen molar-refractivity contribution in [1.29, 1.82) is 0 Å². The van der Waals surface area contributed by atoms with Crippen molar-refractivity contribution in [3.63, 3.8) is 0 Å². The second-order valence-corrected chi connectivity index (χ2v) is 5.73. The van der Waals surface area contributed by atoms with Crippen molar-refractivity contribution in [3.05, 3.63) is 23.8 Å². The van der Waals surface area contributed by atoms with Gasteiger partial charge < -0.3 is 5.32 Å². The number of carbonyl (C=O) groups is 1. The largest absolute Gasteiger partial charge is 0.324 e. The third-order valence-electron chi connectivity index (χ3n) is 2.30. The summed E-state index contributed by atoms with van der Waals surface area (Å²) < 4.78 is -0.360. The predicted octanol–water partition coefficient (Wildman–Crippen LogP) is 2.82. The summed E-state index contributed by atoms with van der Waals surface area (Å²) >= 11 is 1.62. The molecule has 0 aliphatic carbocycles. The molecule has 0 atom stereocenters. The first-order chi connectivity index (χ1) is 6.49. The summed E-state index contributed by atoms with van der Waals surface area (Å²) in [7, 11) is 0. The van der Waals surface area contributed by atoms with Gasteiger partial charge in [0, 0.05) is 4.90 Å². The Bertz CT molecular complexity index is 398. The van der Waals surface area contributed by atoms with Gasteiger partial charge in [0.15, 0.2) is 0 Å². The molecule has 1 heterocycles. The van der Waals surface area contributed by atoms with Crippen LogP contribution in [-0.4, -0.2) is 10.7 Å². The van der Waals surface area contributed by atoms with Crippen LogP contribution >= 0.6 is 11.8 Å². The monoisotopic (exact) mass is 207 g/mol. The van der Waals surface area contributed by atoms with Gasteiger partial charge in [-0.05, 0) is 38.5 Å². The molecule has 0 bridgehead atoms. The van der Waals surface area contributed by atoms with Crippen LogP contribution in [0.3, 0.4) is 0 Å². The topological polar surface area (TPSA) is 29.1 Å². The van der Waals surface area contributed by atoms with E-state index >= 15 is 0 Å². The molecule has 0 saturated carbocycles. The SMILES string of the molecule is Cc1ccc2c(c1)SC(C)(C)C(=O)N2. The molecule has 1 aliphatic rings. The van der Waals surface area contributed by atoms with E-state index in [0.29, 0.717) is 0 Å². The Morgan fingerprint density at radius 2 is 2.07 bits per heavy atom. The molecule has 0 spiro atoms. The zero-order valence-corrected chi connectivity index (χ0v) is 9.37. The Morgan fingerprint density at radius 3 is 2.79 bits per heavy atom. The molecular formula is C11H13NOS. The first-order valence-electron chi connectivity index (χ1n) is 4.60. The second kappa shape index (κ2) is 3.02. The lowest BCUT2D eigenvalue weighted by Crippen LogP contribution is -2.37. The molecule has 0 radical (unpaired) electrons. The number of aryl methyl sites for hydroxylation is 1. The van der Waals surface area contributed by atoms with E-state index in [4.69, 9.17) is 0 Å². The maximum atomic E-state index is 11.6. The number of rotatable bonds is 0. The Morgan fingerprint density at radius 1 is 1.36 bits per heavy atom. The van der Waals surface area contributed by atoms with Crippen LogP contribution in [0.25, 0.3) is 0 Å².